The molecule has 1 aliphatic rings. The molecule has 1 fully saturated rings. The van der Waals surface area contributed by atoms with Gasteiger partial charge in [0.05, 0.1) is 10.6 Å². The molecule has 0 aromatic carbocycles. The maximum atomic E-state index is 10.9. The number of likely N-dealkylation sites (tertiary alicyclic amines) is 1. The van der Waals surface area contributed by atoms with E-state index in [4.69, 9.17) is 16.7 Å². The maximum absolute atomic E-state index is 10.9. The summed E-state index contributed by atoms with van der Waals surface area (Å²) in [5.41, 5.74) is 0.0812. The number of rotatable bonds is 4. The Morgan fingerprint density at radius 3 is 3.11 bits per heavy atom. The molecule has 18 heavy (non-hydrogen) atoms. The van der Waals surface area contributed by atoms with Crippen LogP contribution in [-0.2, 0) is 0 Å². The van der Waals surface area contributed by atoms with Crippen LogP contribution in [-0.4, -0.2) is 47.6 Å². The normalized spacial score (nSPS) is 20.0. The van der Waals surface area contributed by atoms with E-state index < -0.39 is 5.97 Å². The van der Waals surface area contributed by atoms with E-state index in [2.05, 4.69) is 22.2 Å². The van der Waals surface area contributed by atoms with Crippen molar-refractivity contribution < 1.29 is 9.90 Å². The number of halogens is 1. The molecule has 2 N–H and O–H groups in total. The first-order chi connectivity index (χ1) is 8.58. The number of carboxylic acid groups (broad SMARTS) is 1. The fraction of sp³-hybridized carbons (Fsp3) is 0.500. The summed E-state index contributed by atoms with van der Waals surface area (Å²) in [6.45, 7) is 2.91. The predicted octanol–water partition coefficient (Wildman–Crippen LogP) is 1.80. The van der Waals surface area contributed by atoms with E-state index in [1.54, 1.807) is 0 Å². The van der Waals surface area contributed by atoms with Gasteiger partial charge in [-0.3, -0.25) is 0 Å². The van der Waals surface area contributed by atoms with Crippen LogP contribution in [0.4, 0.5) is 5.82 Å². The van der Waals surface area contributed by atoms with Crippen LogP contribution in [0.1, 0.15) is 16.8 Å². The molecule has 2 heterocycles. The van der Waals surface area contributed by atoms with E-state index in [9.17, 15) is 4.79 Å². The molecule has 6 heteroatoms. The Morgan fingerprint density at radius 2 is 2.50 bits per heavy atom. The van der Waals surface area contributed by atoms with E-state index in [1.807, 2.05) is 0 Å². The molecule has 1 atom stereocenters. The minimum absolute atomic E-state index is 0.0812. The van der Waals surface area contributed by atoms with Crippen LogP contribution in [0.3, 0.4) is 0 Å². The van der Waals surface area contributed by atoms with Gasteiger partial charge in [-0.25, -0.2) is 9.78 Å². The number of carboxylic acids is 1. The second-order valence-corrected chi connectivity index (χ2v) is 5.00. The van der Waals surface area contributed by atoms with Gasteiger partial charge in [-0.2, -0.15) is 0 Å². The summed E-state index contributed by atoms with van der Waals surface area (Å²) in [6, 6.07) is 1.40. The quantitative estimate of drug-likeness (QED) is 0.873. The molecule has 1 aromatic rings. The average Bonchev–Trinajstić information content (AvgIpc) is 2.73. The molecular formula is C12H16ClN3O2. The minimum Gasteiger partial charge on any atom is -0.478 e. The van der Waals surface area contributed by atoms with Crippen LogP contribution in [0.2, 0.25) is 5.02 Å². The number of pyridine rings is 1. The predicted molar refractivity (Wildman–Crippen MR) is 70.3 cm³/mol. The molecule has 0 spiro atoms. The van der Waals surface area contributed by atoms with E-state index >= 15 is 0 Å². The Bertz CT molecular complexity index is 453. The minimum atomic E-state index is -1.04. The SMILES string of the molecule is CN1CCC(CNc2nccc(C(=O)O)c2Cl)C1. The zero-order chi connectivity index (χ0) is 13.1. The lowest BCUT2D eigenvalue weighted by Crippen LogP contribution is -2.19. The van der Waals surface area contributed by atoms with Crippen molar-refractivity contribution in [3.63, 3.8) is 0 Å². The summed E-state index contributed by atoms with van der Waals surface area (Å²) in [7, 11) is 2.09. The molecule has 0 aliphatic carbocycles. The second-order valence-electron chi connectivity index (χ2n) is 4.62. The fourth-order valence-electron chi connectivity index (χ4n) is 2.17. The van der Waals surface area contributed by atoms with Crippen LogP contribution in [0.15, 0.2) is 12.3 Å². The maximum Gasteiger partial charge on any atom is 0.337 e. The summed E-state index contributed by atoms with van der Waals surface area (Å²) in [5, 5.41) is 12.3. The van der Waals surface area contributed by atoms with Crippen molar-refractivity contribution in [1.29, 1.82) is 0 Å². The summed E-state index contributed by atoms with van der Waals surface area (Å²) in [6.07, 6.45) is 2.60. The highest BCUT2D eigenvalue weighted by atomic mass is 35.5. The Morgan fingerprint density at radius 1 is 1.72 bits per heavy atom. The zero-order valence-corrected chi connectivity index (χ0v) is 10.9. The van der Waals surface area contributed by atoms with E-state index in [-0.39, 0.29) is 10.6 Å². The van der Waals surface area contributed by atoms with Crippen molar-refractivity contribution in [3.8, 4) is 0 Å². The van der Waals surface area contributed by atoms with Crippen LogP contribution >= 0.6 is 11.6 Å². The largest absolute Gasteiger partial charge is 0.478 e. The standard InChI is InChI=1S/C12H16ClN3O2/c1-16-5-3-8(7-16)6-15-11-10(13)9(12(17)18)2-4-14-11/h2,4,8H,3,5-7H2,1H3,(H,14,15)(H,17,18). The molecule has 0 amide bonds. The van der Waals surface area contributed by atoms with E-state index in [0.717, 1.165) is 26.1 Å². The van der Waals surface area contributed by atoms with Crippen LogP contribution in [0.25, 0.3) is 0 Å². The number of anilines is 1. The molecule has 0 saturated carbocycles. The van der Waals surface area contributed by atoms with Gasteiger partial charge in [0.25, 0.3) is 0 Å². The third-order valence-corrected chi connectivity index (χ3v) is 3.55. The van der Waals surface area contributed by atoms with Crippen molar-refractivity contribution in [1.82, 2.24) is 9.88 Å². The molecule has 1 saturated heterocycles. The van der Waals surface area contributed by atoms with Crippen molar-refractivity contribution in [2.75, 3.05) is 32.0 Å². The molecule has 5 nitrogen and oxygen atoms in total. The van der Waals surface area contributed by atoms with Gasteiger partial charge in [0.15, 0.2) is 0 Å². The lowest BCUT2D eigenvalue weighted by molar-refractivity contribution is 0.0697. The second kappa shape index (κ2) is 5.54. The Kier molecular flexibility index (Phi) is 4.04. The van der Waals surface area contributed by atoms with Gasteiger partial charge >= 0.3 is 5.97 Å². The van der Waals surface area contributed by atoms with Crippen molar-refractivity contribution in [2.24, 2.45) is 5.92 Å². The van der Waals surface area contributed by atoms with Gasteiger partial charge in [0.2, 0.25) is 0 Å². The number of hydrogen-bond donors (Lipinski definition) is 2. The Labute approximate surface area is 111 Å². The molecular weight excluding hydrogens is 254 g/mol. The lowest BCUT2D eigenvalue weighted by atomic mass is 10.1. The fourth-order valence-corrected chi connectivity index (χ4v) is 2.43. The topological polar surface area (TPSA) is 65.5 Å². The molecule has 0 bridgehead atoms. The first-order valence-corrected chi connectivity index (χ1v) is 6.26. The van der Waals surface area contributed by atoms with E-state index in [1.165, 1.54) is 12.3 Å². The number of hydrogen-bond acceptors (Lipinski definition) is 4. The Hall–Kier alpha value is -1.33. The summed E-state index contributed by atoms with van der Waals surface area (Å²) >= 11 is 6.00. The molecule has 0 radical (unpaired) electrons. The van der Waals surface area contributed by atoms with Gasteiger partial charge in [0.1, 0.15) is 5.82 Å². The number of nitrogens with one attached hydrogen (secondary N) is 1. The van der Waals surface area contributed by atoms with Gasteiger partial charge < -0.3 is 15.3 Å². The molecule has 2 rings (SSSR count). The number of carbonyl (C=O) groups is 1. The first kappa shape index (κ1) is 13.1. The summed E-state index contributed by atoms with van der Waals surface area (Å²) in [4.78, 5) is 17.3. The van der Waals surface area contributed by atoms with Crippen LogP contribution < -0.4 is 5.32 Å². The molecule has 1 aliphatic heterocycles. The Balaban J connectivity index is 2.01. The molecule has 98 valence electrons. The van der Waals surface area contributed by atoms with Crippen molar-refractivity contribution in [2.45, 2.75) is 6.42 Å². The first-order valence-electron chi connectivity index (χ1n) is 5.88. The van der Waals surface area contributed by atoms with Gasteiger partial charge in [-0.05, 0) is 32.0 Å². The number of nitrogens with zero attached hydrogens (tertiary/aromatic N) is 2. The van der Waals surface area contributed by atoms with Gasteiger partial charge in [0, 0.05) is 19.3 Å². The third kappa shape index (κ3) is 2.91. The molecule has 1 aromatic heterocycles. The number of aromatic carboxylic acids is 1. The molecule has 1 unspecified atom stereocenters. The summed E-state index contributed by atoms with van der Waals surface area (Å²) < 4.78 is 0. The van der Waals surface area contributed by atoms with Gasteiger partial charge in [-0.15, -0.1) is 0 Å². The highest BCUT2D eigenvalue weighted by molar-refractivity contribution is 6.35. The van der Waals surface area contributed by atoms with Crippen LogP contribution in [0.5, 0.6) is 0 Å². The zero-order valence-electron chi connectivity index (χ0n) is 10.2. The third-order valence-electron chi connectivity index (χ3n) is 3.17. The monoisotopic (exact) mass is 269 g/mol. The smallest absolute Gasteiger partial charge is 0.337 e. The highest BCUT2D eigenvalue weighted by Crippen LogP contribution is 2.24. The summed E-state index contributed by atoms with van der Waals surface area (Å²) in [5.74, 6) is -0.0291. The van der Waals surface area contributed by atoms with Crippen molar-refractivity contribution >= 4 is 23.4 Å². The number of aromatic nitrogens is 1. The lowest BCUT2D eigenvalue weighted by Gasteiger charge is -2.13. The van der Waals surface area contributed by atoms with Gasteiger partial charge in [-0.1, -0.05) is 11.6 Å². The van der Waals surface area contributed by atoms with Crippen LogP contribution in [0, 0.1) is 5.92 Å². The van der Waals surface area contributed by atoms with E-state index in [0.29, 0.717) is 11.7 Å². The highest BCUT2D eigenvalue weighted by Gasteiger charge is 2.20. The average molecular weight is 270 g/mol. The van der Waals surface area contributed by atoms with Crippen molar-refractivity contribution in [3.05, 3.63) is 22.8 Å².